The zero-order valence-electron chi connectivity index (χ0n) is 15.9. The van der Waals surface area contributed by atoms with Crippen molar-refractivity contribution in [2.24, 2.45) is 0 Å². The van der Waals surface area contributed by atoms with E-state index in [1.54, 1.807) is 61.5 Å². The first kappa shape index (κ1) is 19.5. The van der Waals surface area contributed by atoms with Crippen LogP contribution in [-0.4, -0.2) is 21.8 Å². The van der Waals surface area contributed by atoms with Crippen LogP contribution in [0.4, 0.5) is 22.9 Å². The molecule has 3 aromatic rings. The number of hydrogen-bond donors (Lipinski definition) is 3. The predicted octanol–water partition coefficient (Wildman–Crippen LogP) is 3.61. The van der Waals surface area contributed by atoms with Crippen LogP contribution < -0.4 is 16.0 Å². The van der Waals surface area contributed by atoms with Gasteiger partial charge in [0.15, 0.2) is 0 Å². The molecular weight excluding hydrogens is 368 g/mol. The molecule has 3 N–H and O–H groups in total. The van der Waals surface area contributed by atoms with Crippen molar-refractivity contribution in [3.63, 3.8) is 0 Å². The minimum atomic E-state index is -0.384. The van der Waals surface area contributed by atoms with Gasteiger partial charge in [0.1, 0.15) is 17.3 Å². The van der Waals surface area contributed by atoms with E-state index in [-0.39, 0.29) is 17.5 Å². The minimum absolute atomic E-state index is 0.166. The second kappa shape index (κ2) is 8.63. The molecule has 0 aliphatic rings. The zero-order valence-corrected chi connectivity index (χ0v) is 15.9. The van der Waals surface area contributed by atoms with Gasteiger partial charge >= 0.3 is 0 Å². The Morgan fingerprint density at radius 2 is 1.48 bits per heavy atom. The van der Waals surface area contributed by atoms with Gasteiger partial charge in [-0.25, -0.2) is 9.97 Å². The van der Waals surface area contributed by atoms with E-state index >= 15 is 0 Å². The molecule has 0 spiro atoms. The van der Waals surface area contributed by atoms with E-state index in [9.17, 15) is 9.59 Å². The van der Waals surface area contributed by atoms with Gasteiger partial charge in [0.05, 0.1) is 11.6 Å². The van der Waals surface area contributed by atoms with Gasteiger partial charge < -0.3 is 16.0 Å². The number of aryl methyl sites for hydroxylation is 1. The molecule has 0 bridgehead atoms. The topological polar surface area (TPSA) is 120 Å². The van der Waals surface area contributed by atoms with Crippen molar-refractivity contribution in [3.8, 4) is 6.07 Å². The van der Waals surface area contributed by atoms with Crippen LogP contribution in [0.25, 0.3) is 0 Å². The van der Waals surface area contributed by atoms with Crippen LogP contribution in [0.2, 0.25) is 0 Å². The second-order valence-corrected chi connectivity index (χ2v) is 6.21. The van der Waals surface area contributed by atoms with Crippen molar-refractivity contribution >= 4 is 34.7 Å². The number of hydrogen-bond acceptors (Lipinski definition) is 6. The fourth-order valence-electron chi connectivity index (χ4n) is 2.56. The molecule has 8 heteroatoms. The molecule has 2 aromatic carbocycles. The zero-order chi connectivity index (χ0) is 20.8. The Kier molecular flexibility index (Phi) is 5.80. The van der Waals surface area contributed by atoms with E-state index in [0.29, 0.717) is 28.6 Å². The molecule has 0 fully saturated rings. The summed E-state index contributed by atoms with van der Waals surface area (Å²) in [6.07, 6.45) is 0. The summed E-state index contributed by atoms with van der Waals surface area (Å²) in [5.74, 6) is 0.356. The van der Waals surface area contributed by atoms with Crippen molar-refractivity contribution in [1.29, 1.82) is 5.26 Å². The van der Waals surface area contributed by atoms with Crippen LogP contribution in [0.5, 0.6) is 0 Å². The first-order valence-corrected chi connectivity index (χ1v) is 8.75. The van der Waals surface area contributed by atoms with Crippen LogP contribution in [0.15, 0.2) is 54.6 Å². The number of benzene rings is 2. The number of aromatic nitrogens is 2. The summed E-state index contributed by atoms with van der Waals surface area (Å²) in [6.45, 7) is 3.12. The van der Waals surface area contributed by atoms with Gasteiger partial charge in [-0.15, -0.1) is 0 Å². The number of nitriles is 1. The van der Waals surface area contributed by atoms with Crippen LogP contribution >= 0.6 is 0 Å². The molecule has 1 heterocycles. The average molecular weight is 386 g/mol. The van der Waals surface area contributed by atoms with Gasteiger partial charge in [-0.1, -0.05) is 0 Å². The van der Waals surface area contributed by atoms with Gasteiger partial charge in [-0.3, -0.25) is 9.59 Å². The van der Waals surface area contributed by atoms with E-state index in [0.717, 1.165) is 5.69 Å². The van der Waals surface area contributed by atoms with Crippen molar-refractivity contribution in [1.82, 2.24) is 9.97 Å². The maximum atomic E-state index is 12.6. The normalized spacial score (nSPS) is 9.97. The van der Waals surface area contributed by atoms with Crippen molar-refractivity contribution in [2.45, 2.75) is 13.8 Å². The fourth-order valence-corrected chi connectivity index (χ4v) is 2.56. The van der Waals surface area contributed by atoms with Crippen LogP contribution in [0, 0.1) is 18.3 Å². The van der Waals surface area contributed by atoms with Crippen molar-refractivity contribution in [3.05, 3.63) is 71.7 Å². The first-order chi connectivity index (χ1) is 13.9. The van der Waals surface area contributed by atoms with Crippen LogP contribution in [-0.2, 0) is 4.79 Å². The lowest BCUT2D eigenvalue weighted by Crippen LogP contribution is -2.15. The number of carbonyl (C=O) groups excluding carboxylic acids is 2. The molecule has 0 saturated heterocycles. The highest BCUT2D eigenvalue weighted by Crippen LogP contribution is 2.18. The molecule has 1 aromatic heterocycles. The van der Waals surface area contributed by atoms with E-state index in [1.807, 2.05) is 0 Å². The summed E-state index contributed by atoms with van der Waals surface area (Å²) in [5.41, 5.74) is 2.71. The third-order valence-corrected chi connectivity index (χ3v) is 3.82. The SMILES string of the molecule is CC(=O)Nc1ccc(NC(=O)c2cc(Nc3ccc(C#N)cc3)nc(C)n2)cc1. The minimum Gasteiger partial charge on any atom is -0.340 e. The summed E-state index contributed by atoms with van der Waals surface area (Å²) >= 11 is 0. The highest BCUT2D eigenvalue weighted by molar-refractivity contribution is 6.03. The van der Waals surface area contributed by atoms with Crippen LogP contribution in [0.3, 0.4) is 0 Å². The number of carbonyl (C=O) groups is 2. The van der Waals surface area contributed by atoms with E-state index in [1.165, 1.54) is 6.92 Å². The molecular formula is C21H18N6O2. The Labute approximate surface area is 167 Å². The van der Waals surface area contributed by atoms with E-state index < -0.39 is 0 Å². The lowest BCUT2D eigenvalue weighted by molar-refractivity contribution is -0.114. The third kappa shape index (κ3) is 5.37. The smallest absolute Gasteiger partial charge is 0.274 e. The molecule has 0 aliphatic heterocycles. The van der Waals surface area contributed by atoms with E-state index in [4.69, 9.17) is 5.26 Å². The Morgan fingerprint density at radius 3 is 2.07 bits per heavy atom. The van der Waals surface area contributed by atoms with Crippen LogP contribution in [0.1, 0.15) is 28.8 Å². The number of rotatable bonds is 5. The maximum Gasteiger partial charge on any atom is 0.274 e. The Morgan fingerprint density at radius 1 is 0.897 bits per heavy atom. The summed E-state index contributed by atoms with van der Waals surface area (Å²) in [7, 11) is 0. The van der Waals surface area contributed by atoms with Gasteiger partial charge in [-0.05, 0) is 55.5 Å². The largest absolute Gasteiger partial charge is 0.340 e. The van der Waals surface area contributed by atoms with Crippen molar-refractivity contribution < 1.29 is 9.59 Å². The monoisotopic (exact) mass is 386 g/mol. The quantitative estimate of drug-likeness (QED) is 0.616. The number of anilines is 4. The molecule has 0 aliphatic carbocycles. The maximum absolute atomic E-state index is 12.6. The van der Waals surface area contributed by atoms with Crippen molar-refractivity contribution in [2.75, 3.05) is 16.0 Å². The highest BCUT2D eigenvalue weighted by Gasteiger charge is 2.11. The summed E-state index contributed by atoms with van der Waals surface area (Å²) < 4.78 is 0. The fraction of sp³-hybridized carbons (Fsp3) is 0.0952. The second-order valence-electron chi connectivity index (χ2n) is 6.21. The Hall–Kier alpha value is -4.25. The predicted molar refractivity (Wildman–Crippen MR) is 110 cm³/mol. The van der Waals surface area contributed by atoms with Gasteiger partial charge in [0.25, 0.3) is 5.91 Å². The number of nitrogens with one attached hydrogen (secondary N) is 3. The standard InChI is InChI=1S/C21H18N6O2/c1-13-23-19(11-20(24-13)26-17-5-3-15(12-22)4-6-17)21(29)27-18-9-7-16(8-10-18)25-14(2)28/h3-11H,1-2H3,(H,25,28)(H,27,29)(H,23,24,26). The van der Waals surface area contributed by atoms with Gasteiger partial charge in [-0.2, -0.15) is 5.26 Å². The first-order valence-electron chi connectivity index (χ1n) is 8.75. The molecule has 0 saturated carbocycles. The molecule has 0 atom stereocenters. The van der Waals surface area contributed by atoms with Gasteiger partial charge in [0.2, 0.25) is 5.91 Å². The number of amides is 2. The number of nitrogens with zero attached hydrogens (tertiary/aromatic N) is 3. The summed E-state index contributed by atoms with van der Waals surface area (Å²) in [5, 5.41) is 17.4. The lowest BCUT2D eigenvalue weighted by atomic mass is 10.2. The lowest BCUT2D eigenvalue weighted by Gasteiger charge is -2.10. The average Bonchev–Trinajstić information content (AvgIpc) is 2.69. The Bertz CT molecular complexity index is 1090. The summed E-state index contributed by atoms with van der Waals surface area (Å²) in [4.78, 5) is 32.1. The Balaban J connectivity index is 1.73. The molecule has 29 heavy (non-hydrogen) atoms. The van der Waals surface area contributed by atoms with Gasteiger partial charge in [0, 0.05) is 30.1 Å². The molecule has 2 amide bonds. The molecule has 8 nitrogen and oxygen atoms in total. The van der Waals surface area contributed by atoms with E-state index in [2.05, 4.69) is 32.0 Å². The molecule has 3 rings (SSSR count). The highest BCUT2D eigenvalue weighted by atomic mass is 16.2. The molecule has 144 valence electrons. The summed E-state index contributed by atoms with van der Waals surface area (Å²) in [6, 6.07) is 17.3. The molecule has 0 radical (unpaired) electrons. The molecule has 0 unspecified atom stereocenters. The third-order valence-electron chi connectivity index (χ3n) is 3.82.